The second-order valence-electron chi connectivity index (χ2n) is 2.71. The van der Waals surface area contributed by atoms with Crippen LogP contribution in [0.4, 0.5) is 0 Å². The zero-order chi connectivity index (χ0) is 8.10. The number of nitrogens with one attached hydrogen (secondary N) is 1. The van der Waals surface area contributed by atoms with Crippen LogP contribution >= 0.6 is 0 Å². The summed E-state index contributed by atoms with van der Waals surface area (Å²) in [6.45, 7) is 2.00. The highest BCUT2D eigenvalue weighted by molar-refractivity contribution is 5.48. The largest absolute Gasteiger partial charge is 0.352 e. The maximum absolute atomic E-state index is 10.1. The first-order chi connectivity index (χ1) is 5.34. The molecule has 0 unspecified atom stereocenters. The van der Waals surface area contributed by atoms with Crippen LogP contribution in [0.1, 0.15) is 19.8 Å². The average Bonchev–Trinajstić information content (AvgIpc) is 2.07. The van der Waals surface area contributed by atoms with Crippen molar-refractivity contribution in [2.45, 2.75) is 25.8 Å². The van der Waals surface area contributed by atoms with Crippen LogP contribution in [0, 0.1) is 0 Å². The summed E-state index contributed by atoms with van der Waals surface area (Å²) in [7, 11) is 0. The van der Waals surface area contributed by atoms with Crippen molar-refractivity contribution >= 4 is 6.41 Å². The van der Waals surface area contributed by atoms with Crippen LogP contribution in [0.3, 0.4) is 0 Å². The Morgan fingerprint density at radius 3 is 3.09 bits per heavy atom. The molecular weight excluding hydrogens is 138 g/mol. The molecule has 0 fully saturated rings. The Morgan fingerprint density at radius 2 is 2.55 bits per heavy atom. The topological polar surface area (TPSA) is 29.1 Å². The minimum absolute atomic E-state index is 0.192. The summed E-state index contributed by atoms with van der Waals surface area (Å²) in [5.74, 6) is 0. The Bertz CT molecular complexity index is 194. The molecule has 0 aliphatic heterocycles. The molecule has 0 aromatic rings. The predicted octanol–water partition coefficient (Wildman–Crippen LogP) is 1.40. The lowest BCUT2D eigenvalue weighted by atomic mass is 9.99. The summed E-state index contributed by atoms with van der Waals surface area (Å²) in [6.07, 6.45) is 9.17. The van der Waals surface area contributed by atoms with Gasteiger partial charge in [0, 0.05) is 6.04 Å². The van der Waals surface area contributed by atoms with Gasteiger partial charge in [-0.05, 0) is 25.3 Å². The number of allylic oxidation sites excluding steroid dienone is 3. The normalized spacial score (nSPS) is 18.8. The van der Waals surface area contributed by atoms with E-state index in [1.165, 1.54) is 5.57 Å². The van der Waals surface area contributed by atoms with Gasteiger partial charge in [-0.15, -0.1) is 0 Å². The molecule has 1 N–H and O–H groups in total. The van der Waals surface area contributed by atoms with E-state index in [0.29, 0.717) is 0 Å². The van der Waals surface area contributed by atoms with Gasteiger partial charge in [-0.1, -0.05) is 18.2 Å². The predicted molar refractivity (Wildman–Crippen MR) is 45.1 cm³/mol. The lowest BCUT2D eigenvalue weighted by Crippen LogP contribution is -2.26. The molecule has 1 atom stereocenters. The van der Waals surface area contributed by atoms with Crippen LogP contribution in [0.15, 0.2) is 23.8 Å². The standard InChI is InChI=1S/C9H13NO/c1-8(10-7-11)9-5-3-2-4-6-9/h2-3,5,7-8H,4,6H2,1H3,(H,10,11)/t8-/m0/s1. The molecule has 60 valence electrons. The summed E-state index contributed by atoms with van der Waals surface area (Å²) in [4.78, 5) is 10.1. The molecule has 1 aliphatic rings. The molecule has 2 nitrogen and oxygen atoms in total. The van der Waals surface area contributed by atoms with E-state index >= 15 is 0 Å². The number of hydrogen-bond donors (Lipinski definition) is 1. The van der Waals surface area contributed by atoms with Gasteiger partial charge in [0.05, 0.1) is 0 Å². The van der Waals surface area contributed by atoms with Crippen molar-refractivity contribution in [2.75, 3.05) is 0 Å². The van der Waals surface area contributed by atoms with E-state index in [0.717, 1.165) is 19.3 Å². The molecule has 0 bridgehead atoms. The number of amides is 1. The molecule has 0 aromatic carbocycles. The molecule has 0 radical (unpaired) electrons. The molecule has 11 heavy (non-hydrogen) atoms. The Balaban J connectivity index is 2.50. The highest BCUT2D eigenvalue weighted by Crippen LogP contribution is 2.14. The van der Waals surface area contributed by atoms with Crippen molar-refractivity contribution < 1.29 is 4.79 Å². The number of hydrogen-bond acceptors (Lipinski definition) is 1. The smallest absolute Gasteiger partial charge is 0.207 e. The monoisotopic (exact) mass is 151 g/mol. The van der Waals surface area contributed by atoms with Gasteiger partial charge in [0.25, 0.3) is 0 Å². The molecule has 0 saturated carbocycles. The maximum atomic E-state index is 10.1. The fourth-order valence-corrected chi connectivity index (χ4v) is 1.19. The van der Waals surface area contributed by atoms with E-state index < -0.39 is 0 Å². The Labute approximate surface area is 67.0 Å². The van der Waals surface area contributed by atoms with Gasteiger partial charge in [-0.3, -0.25) is 4.79 Å². The summed E-state index contributed by atoms with van der Waals surface area (Å²) in [5.41, 5.74) is 1.31. The third-order valence-corrected chi connectivity index (χ3v) is 1.92. The number of rotatable bonds is 3. The van der Waals surface area contributed by atoms with Crippen molar-refractivity contribution in [2.24, 2.45) is 0 Å². The fourth-order valence-electron chi connectivity index (χ4n) is 1.19. The van der Waals surface area contributed by atoms with Gasteiger partial charge in [-0.2, -0.15) is 0 Å². The van der Waals surface area contributed by atoms with Crippen molar-refractivity contribution in [3.8, 4) is 0 Å². The molecule has 0 heterocycles. The molecule has 1 aliphatic carbocycles. The van der Waals surface area contributed by atoms with Gasteiger partial charge in [0.1, 0.15) is 0 Å². The summed E-state index contributed by atoms with van der Waals surface area (Å²) in [5, 5.41) is 2.73. The van der Waals surface area contributed by atoms with E-state index in [4.69, 9.17) is 0 Å². The average molecular weight is 151 g/mol. The molecule has 1 rings (SSSR count). The highest BCUT2D eigenvalue weighted by atomic mass is 16.1. The molecular formula is C9H13NO. The highest BCUT2D eigenvalue weighted by Gasteiger charge is 2.06. The van der Waals surface area contributed by atoms with E-state index in [9.17, 15) is 4.79 Å². The molecule has 1 amide bonds. The van der Waals surface area contributed by atoms with Gasteiger partial charge >= 0.3 is 0 Å². The lowest BCUT2D eigenvalue weighted by Gasteiger charge is -2.15. The first-order valence-electron chi connectivity index (χ1n) is 3.90. The molecule has 0 saturated heterocycles. The second-order valence-corrected chi connectivity index (χ2v) is 2.71. The molecule has 2 heteroatoms. The summed E-state index contributed by atoms with van der Waals surface area (Å²) >= 11 is 0. The molecule has 0 spiro atoms. The van der Waals surface area contributed by atoms with E-state index in [1.54, 1.807) is 0 Å². The van der Waals surface area contributed by atoms with Crippen LogP contribution < -0.4 is 5.32 Å². The lowest BCUT2D eigenvalue weighted by molar-refractivity contribution is -0.109. The van der Waals surface area contributed by atoms with Gasteiger partial charge in [0.2, 0.25) is 6.41 Å². The SMILES string of the molecule is C[C@H](NC=O)C1=CC=CCC1. The Morgan fingerprint density at radius 1 is 1.73 bits per heavy atom. The summed E-state index contributed by atoms with van der Waals surface area (Å²) in [6, 6.07) is 0.192. The van der Waals surface area contributed by atoms with Crippen LogP contribution in [-0.4, -0.2) is 12.5 Å². The van der Waals surface area contributed by atoms with Crippen LogP contribution in [0.5, 0.6) is 0 Å². The van der Waals surface area contributed by atoms with Crippen molar-refractivity contribution in [3.05, 3.63) is 23.8 Å². The maximum Gasteiger partial charge on any atom is 0.207 e. The van der Waals surface area contributed by atoms with Gasteiger partial charge in [-0.25, -0.2) is 0 Å². The Hall–Kier alpha value is -1.05. The van der Waals surface area contributed by atoms with Crippen LogP contribution in [0.2, 0.25) is 0 Å². The number of carbonyl (C=O) groups excluding carboxylic acids is 1. The third kappa shape index (κ3) is 2.22. The zero-order valence-corrected chi connectivity index (χ0v) is 6.71. The van der Waals surface area contributed by atoms with Crippen LogP contribution in [0.25, 0.3) is 0 Å². The van der Waals surface area contributed by atoms with E-state index in [2.05, 4.69) is 17.5 Å². The van der Waals surface area contributed by atoms with Gasteiger partial charge in [0.15, 0.2) is 0 Å². The first kappa shape index (κ1) is 8.05. The second kappa shape index (κ2) is 3.96. The number of carbonyl (C=O) groups is 1. The molecule has 0 aromatic heterocycles. The summed E-state index contributed by atoms with van der Waals surface area (Å²) < 4.78 is 0. The Kier molecular flexibility index (Phi) is 2.90. The van der Waals surface area contributed by atoms with Crippen molar-refractivity contribution in [1.82, 2.24) is 5.32 Å². The minimum Gasteiger partial charge on any atom is -0.352 e. The van der Waals surface area contributed by atoms with Crippen LogP contribution in [-0.2, 0) is 4.79 Å². The quantitative estimate of drug-likeness (QED) is 0.607. The first-order valence-corrected chi connectivity index (χ1v) is 3.90. The van der Waals surface area contributed by atoms with E-state index in [-0.39, 0.29) is 6.04 Å². The minimum atomic E-state index is 0.192. The fraction of sp³-hybridized carbons (Fsp3) is 0.444. The van der Waals surface area contributed by atoms with E-state index in [1.807, 2.05) is 13.0 Å². The van der Waals surface area contributed by atoms with Crippen molar-refractivity contribution in [3.63, 3.8) is 0 Å². The third-order valence-electron chi connectivity index (χ3n) is 1.92. The van der Waals surface area contributed by atoms with Crippen molar-refractivity contribution in [1.29, 1.82) is 0 Å². The zero-order valence-electron chi connectivity index (χ0n) is 6.71. The van der Waals surface area contributed by atoms with Gasteiger partial charge < -0.3 is 5.32 Å².